The molecule has 0 fully saturated rings. The molecule has 0 aliphatic rings. The second-order valence-corrected chi connectivity index (χ2v) is 3.20. The molecule has 0 aliphatic carbocycles. The molecular formula is C13H11F3O. The van der Waals surface area contributed by atoms with E-state index in [0.717, 1.165) is 0 Å². The molecule has 4 heteroatoms. The molecule has 0 saturated heterocycles. The molecule has 2 aromatic carbocycles. The summed E-state index contributed by atoms with van der Waals surface area (Å²) in [4.78, 5) is 0. The maximum atomic E-state index is 9.91. The third-order valence-electron chi connectivity index (χ3n) is 1.88. The SMILES string of the molecule is OC(F)(F)F.c1ccc(-c2ccccc2)cc1. The van der Waals surface area contributed by atoms with E-state index in [0.29, 0.717) is 0 Å². The van der Waals surface area contributed by atoms with E-state index in [1.54, 1.807) is 0 Å². The summed E-state index contributed by atoms with van der Waals surface area (Å²) in [5.74, 6) is 0. The molecule has 1 nitrogen and oxygen atoms in total. The van der Waals surface area contributed by atoms with Gasteiger partial charge in [-0.05, 0) is 11.1 Å². The van der Waals surface area contributed by atoms with Crippen molar-refractivity contribution in [2.24, 2.45) is 0 Å². The molecule has 0 unspecified atom stereocenters. The minimum absolute atomic E-state index is 1.28. The van der Waals surface area contributed by atoms with Crippen LogP contribution in [0.4, 0.5) is 13.2 Å². The van der Waals surface area contributed by atoms with E-state index in [1.165, 1.54) is 11.1 Å². The number of alkyl halides is 3. The predicted octanol–water partition coefficient (Wildman–Crippen LogP) is 3.85. The van der Waals surface area contributed by atoms with Gasteiger partial charge in [-0.25, -0.2) is 0 Å². The molecule has 90 valence electrons. The Morgan fingerprint density at radius 1 is 0.647 bits per heavy atom. The number of halogens is 3. The van der Waals surface area contributed by atoms with Crippen molar-refractivity contribution in [1.82, 2.24) is 0 Å². The van der Waals surface area contributed by atoms with Crippen molar-refractivity contribution in [1.29, 1.82) is 0 Å². The summed E-state index contributed by atoms with van der Waals surface area (Å²) in [6, 6.07) is 20.8. The molecule has 0 aliphatic heterocycles. The van der Waals surface area contributed by atoms with Gasteiger partial charge in [0.25, 0.3) is 0 Å². The maximum Gasteiger partial charge on any atom is 0.519 e. The highest BCUT2D eigenvalue weighted by atomic mass is 19.4. The Hall–Kier alpha value is -1.81. The van der Waals surface area contributed by atoms with E-state index < -0.39 is 6.36 Å². The molecule has 0 aromatic heterocycles. The lowest BCUT2D eigenvalue weighted by Crippen LogP contribution is -2.01. The highest BCUT2D eigenvalue weighted by Gasteiger charge is 2.20. The number of hydrogen-bond acceptors (Lipinski definition) is 1. The Morgan fingerprint density at radius 3 is 1.12 bits per heavy atom. The van der Waals surface area contributed by atoms with E-state index in [9.17, 15) is 13.2 Å². The predicted molar refractivity (Wildman–Crippen MR) is 60.2 cm³/mol. The smallest absolute Gasteiger partial charge is 0.308 e. The zero-order valence-corrected chi connectivity index (χ0v) is 8.85. The quantitative estimate of drug-likeness (QED) is 0.802. The van der Waals surface area contributed by atoms with E-state index in [2.05, 4.69) is 48.5 Å². The number of benzene rings is 2. The standard InChI is InChI=1S/C12H10.CHF3O/c1-3-7-11(8-4-1)12-9-5-2-6-10-12;2-1(3,4)5/h1-10H;5H. The van der Waals surface area contributed by atoms with Gasteiger partial charge in [0.1, 0.15) is 0 Å². The van der Waals surface area contributed by atoms with Crippen LogP contribution in [0.5, 0.6) is 0 Å². The van der Waals surface area contributed by atoms with Gasteiger partial charge >= 0.3 is 6.36 Å². The average Bonchev–Trinajstić information content (AvgIpc) is 2.29. The lowest BCUT2D eigenvalue weighted by Gasteiger charge is -1.98. The zero-order chi connectivity index (χ0) is 12.7. The fourth-order valence-corrected chi connectivity index (χ4v) is 1.26. The highest BCUT2D eigenvalue weighted by molar-refractivity contribution is 5.62. The van der Waals surface area contributed by atoms with Crippen LogP contribution in [0.2, 0.25) is 0 Å². The van der Waals surface area contributed by atoms with Crippen LogP contribution in [0.1, 0.15) is 0 Å². The van der Waals surface area contributed by atoms with Gasteiger partial charge in [-0.3, -0.25) is 0 Å². The first-order valence-electron chi connectivity index (χ1n) is 4.86. The van der Waals surface area contributed by atoms with E-state index >= 15 is 0 Å². The van der Waals surface area contributed by atoms with Crippen molar-refractivity contribution in [3.63, 3.8) is 0 Å². The van der Waals surface area contributed by atoms with Gasteiger partial charge in [-0.15, -0.1) is 13.2 Å². The van der Waals surface area contributed by atoms with Crippen LogP contribution in [0, 0.1) is 0 Å². The molecule has 0 radical (unpaired) electrons. The van der Waals surface area contributed by atoms with Gasteiger partial charge in [0.05, 0.1) is 0 Å². The molecule has 0 saturated carbocycles. The molecule has 0 atom stereocenters. The third-order valence-corrected chi connectivity index (χ3v) is 1.88. The maximum absolute atomic E-state index is 9.91. The van der Waals surface area contributed by atoms with Crippen LogP contribution in [0.15, 0.2) is 60.7 Å². The number of rotatable bonds is 1. The number of hydrogen-bond donors (Lipinski definition) is 1. The summed E-state index contributed by atoms with van der Waals surface area (Å²) in [6.07, 6.45) is -5.00. The number of aliphatic hydroxyl groups is 1. The third kappa shape index (κ3) is 6.37. The largest absolute Gasteiger partial charge is 0.519 e. The molecule has 1 N–H and O–H groups in total. The summed E-state index contributed by atoms with van der Waals surface area (Å²) in [5, 5.41) is 6.52. The molecule has 0 bridgehead atoms. The fraction of sp³-hybridized carbons (Fsp3) is 0.0769. The summed E-state index contributed by atoms with van der Waals surface area (Å²) >= 11 is 0. The van der Waals surface area contributed by atoms with Crippen molar-refractivity contribution in [3.05, 3.63) is 60.7 Å². The first-order chi connectivity index (χ1) is 7.97. The summed E-state index contributed by atoms with van der Waals surface area (Å²) in [7, 11) is 0. The van der Waals surface area contributed by atoms with Gasteiger partial charge in [-0.1, -0.05) is 60.7 Å². The van der Waals surface area contributed by atoms with E-state index in [4.69, 9.17) is 5.11 Å². The van der Waals surface area contributed by atoms with Crippen molar-refractivity contribution < 1.29 is 18.3 Å². The van der Waals surface area contributed by atoms with Gasteiger partial charge in [-0.2, -0.15) is 0 Å². The topological polar surface area (TPSA) is 20.2 Å². The second kappa shape index (κ2) is 6.06. The van der Waals surface area contributed by atoms with Crippen molar-refractivity contribution in [3.8, 4) is 11.1 Å². The molecule has 0 amide bonds. The second-order valence-electron chi connectivity index (χ2n) is 3.20. The Balaban J connectivity index is 0.000000249. The minimum atomic E-state index is -5.00. The Labute approximate surface area is 97.2 Å². The normalized spacial score (nSPS) is 10.4. The van der Waals surface area contributed by atoms with E-state index in [-0.39, 0.29) is 0 Å². The van der Waals surface area contributed by atoms with Gasteiger partial charge in [0.15, 0.2) is 0 Å². The Bertz CT molecular complexity index is 380. The molecular weight excluding hydrogens is 229 g/mol. The highest BCUT2D eigenvalue weighted by Crippen LogP contribution is 2.17. The molecule has 2 rings (SSSR count). The van der Waals surface area contributed by atoms with Crippen LogP contribution in [0.3, 0.4) is 0 Å². The van der Waals surface area contributed by atoms with Crippen molar-refractivity contribution >= 4 is 0 Å². The van der Waals surface area contributed by atoms with Gasteiger partial charge < -0.3 is 5.11 Å². The van der Waals surface area contributed by atoms with Crippen LogP contribution < -0.4 is 0 Å². The lowest BCUT2D eigenvalue weighted by atomic mass is 10.1. The Kier molecular flexibility index (Phi) is 4.72. The van der Waals surface area contributed by atoms with Crippen LogP contribution in [-0.4, -0.2) is 11.5 Å². The molecule has 2 aromatic rings. The fourth-order valence-electron chi connectivity index (χ4n) is 1.26. The van der Waals surface area contributed by atoms with Crippen molar-refractivity contribution in [2.45, 2.75) is 6.36 Å². The molecule has 0 heterocycles. The molecule has 17 heavy (non-hydrogen) atoms. The van der Waals surface area contributed by atoms with Gasteiger partial charge in [0.2, 0.25) is 0 Å². The average molecular weight is 240 g/mol. The molecule has 0 spiro atoms. The van der Waals surface area contributed by atoms with Crippen molar-refractivity contribution in [2.75, 3.05) is 0 Å². The zero-order valence-electron chi connectivity index (χ0n) is 8.85. The minimum Gasteiger partial charge on any atom is -0.308 e. The Morgan fingerprint density at radius 2 is 0.882 bits per heavy atom. The summed E-state index contributed by atoms with van der Waals surface area (Å²) in [5.41, 5.74) is 2.55. The van der Waals surface area contributed by atoms with E-state index in [1.807, 2.05) is 12.1 Å². The monoisotopic (exact) mass is 240 g/mol. The van der Waals surface area contributed by atoms with Crippen LogP contribution >= 0.6 is 0 Å². The summed E-state index contributed by atoms with van der Waals surface area (Å²) < 4.78 is 29.7. The summed E-state index contributed by atoms with van der Waals surface area (Å²) in [6.45, 7) is 0. The van der Waals surface area contributed by atoms with Crippen LogP contribution in [-0.2, 0) is 0 Å². The first-order valence-corrected chi connectivity index (χ1v) is 4.86. The van der Waals surface area contributed by atoms with Crippen LogP contribution in [0.25, 0.3) is 11.1 Å². The first kappa shape index (κ1) is 13.3. The lowest BCUT2D eigenvalue weighted by molar-refractivity contribution is -0.295. The van der Waals surface area contributed by atoms with Gasteiger partial charge in [0, 0.05) is 0 Å².